The molecule has 19 heavy (non-hydrogen) atoms. The van der Waals surface area contributed by atoms with Crippen LogP contribution in [-0.4, -0.2) is 36.8 Å². The second-order valence-electron chi connectivity index (χ2n) is 5.32. The lowest BCUT2D eigenvalue weighted by Crippen LogP contribution is -2.44. The smallest absolute Gasteiger partial charge is 0.225 e. The summed E-state index contributed by atoms with van der Waals surface area (Å²) in [7, 11) is 0. The standard InChI is InChI=1S/C15H22N2O2/c1-11-8-16-9-14(11)15(19)17-13(10-18)7-12-5-3-2-4-6-12/h2-6,11,13-14,16,18H,7-10H2,1H3,(H,17,19)/t11-,13?,14-/m1/s1. The lowest BCUT2D eigenvalue weighted by molar-refractivity contribution is -0.126. The molecule has 1 amide bonds. The second-order valence-corrected chi connectivity index (χ2v) is 5.32. The molecular weight excluding hydrogens is 240 g/mol. The van der Waals surface area contributed by atoms with E-state index in [4.69, 9.17) is 0 Å². The molecule has 0 aliphatic carbocycles. The predicted octanol–water partition coefficient (Wildman–Crippen LogP) is 0.562. The zero-order valence-electron chi connectivity index (χ0n) is 11.3. The number of hydrogen-bond acceptors (Lipinski definition) is 3. The van der Waals surface area contributed by atoms with Crippen molar-refractivity contribution in [1.82, 2.24) is 10.6 Å². The topological polar surface area (TPSA) is 61.4 Å². The Hall–Kier alpha value is -1.39. The van der Waals surface area contributed by atoms with Crippen LogP contribution in [0.5, 0.6) is 0 Å². The summed E-state index contributed by atoms with van der Waals surface area (Å²) in [5.74, 6) is 0.424. The average molecular weight is 262 g/mol. The van der Waals surface area contributed by atoms with Gasteiger partial charge < -0.3 is 15.7 Å². The minimum Gasteiger partial charge on any atom is -0.394 e. The Morgan fingerprint density at radius 3 is 2.74 bits per heavy atom. The van der Waals surface area contributed by atoms with Crippen molar-refractivity contribution >= 4 is 5.91 Å². The summed E-state index contributed by atoms with van der Waals surface area (Å²) in [6.45, 7) is 3.67. The van der Waals surface area contributed by atoms with E-state index in [1.54, 1.807) is 0 Å². The summed E-state index contributed by atoms with van der Waals surface area (Å²) in [6, 6.07) is 9.71. The first kappa shape index (κ1) is 14.0. The third-order valence-corrected chi connectivity index (χ3v) is 3.75. The minimum absolute atomic E-state index is 0.0184. The van der Waals surface area contributed by atoms with Gasteiger partial charge in [0.25, 0.3) is 0 Å². The van der Waals surface area contributed by atoms with Crippen molar-refractivity contribution in [2.24, 2.45) is 11.8 Å². The van der Waals surface area contributed by atoms with E-state index in [0.717, 1.165) is 18.7 Å². The normalized spacial score (nSPS) is 24.1. The maximum Gasteiger partial charge on any atom is 0.225 e. The molecule has 0 spiro atoms. The first-order valence-electron chi connectivity index (χ1n) is 6.86. The zero-order valence-corrected chi connectivity index (χ0v) is 11.3. The number of amides is 1. The van der Waals surface area contributed by atoms with Crippen LogP contribution in [0.25, 0.3) is 0 Å². The number of rotatable bonds is 5. The van der Waals surface area contributed by atoms with Crippen LogP contribution in [0.15, 0.2) is 30.3 Å². The molecule has 1 unspecified atom stereocenters. The largest absolute Gasteiger partial charge is 0.394 e. The third-order valence-electron chi connectivity index (χ3n) is 3.75. The number of nitrogens with one attached hydrogen (secondary N) is 2. The van der Waals surface area contributed by atoms with E-state index in [1.807, 2.05) is 30.3 Å². The highest BCUT2D eigenvalue weighted by atomic mass is 16.3. The number of hydrogen-bond donors (Lipinski definition) is 3. The van der Waals surface area contributed by atoms with Crippen LogP contribution in [0.2, 0.25) is 0 Å². The Kier molecular flexibility index (Phi) is 4.93. The Balaban J connectivity index is 1.90. The fourth-order valence-electron chi connectivity index (χ4n) is 2.53. The lowest BCUT2D eigenvalue weighted by atomic mass is 9.96. The van der Waals surface area contributed by atoms with Gasteiger partial charge in [-0.3, -0.25) is 4.79 Å². The van der Waals surface area contributed by atoms with Crippen molar-refractivity contribution in [3.05, 3.63) is 35.9 Å². The van der Waals surface area contributed by atoms with Crippen molar-refractivity contribution in [3.8, 4) is 0 Å². The quantitative estimate of drug-likeness (QED) is 0.727. The molecule has 4 nitrogen and oxygen atoms in total. The van der Waals surface area contributed by atoms with Gasteiger partial charge in [0.15, 0.2) is 0 Å². The van der Waals surface area contributed by atoms with E-state index in [-0.39, 0.29) is 24.5 Å². The Labute approximate surface area is 114 Å². The highest BCUT2D eigenvalue weighted by molar-refractivity contribution is 5.79. The highest BCUT2D eigenvalue weighted by Crippen LogP contribution is 2.16. The molecule has 0 saturated carbocycles. The van der Waals surface area contributed by atoms with Crippen molar-refractivity contribution in [1.29, 1.82) is 0 Å². The Morgan fingerprint density at radius 2 is 2.16 bits per heavy atom. The average Bonchev–Trinajstić information content (AvgIpc) is 2.85. The summed E-state index contributed by atoms with van der Waals surface area (Å²) in [5, 5.41) is 15.6. The summed E-state index contributed by atoms with van der Waals surface area (Å²) in [4.78, 5) is 12.2. The number of benzene rings is 1. The van der Waals surface area contributed by atoms with Crippen LogP contribution in [0.1, 0.15) is 12.5 Å². The maximum absolute atomic E-state index is 12.2. The number of carbonyl (C=O) groups is 1. The number of aliphatic hydroxyl groups is 1. The Bertz CT molecular complexity index is 408. The highest BCUT2D eigenvalue weighted by Gasteiger charge is 2.30. The molecule has 0 radical (unpaired) electrons. The van der Waals surface area contributed by atoms with Gasteiger partial charge in [0.05, 0.1) is 18.6 Å². The van der Waals surface area contributed by atoms with Gasteiger partial charge in [-0.2, -0.15) is 0 Å². The second kappa shape index (κ2) is 6.68. The van der Waals surface area contributed by atoms with Crippen molar-refractivity contribution in [2.45, 2.75) is 19.4 Å². The summed E-state index contributed by atoms with van der Waals surface area (Å²) < 4.78 is 0. The van der Waals surface area contributed by atoms with Gasteiger partial charge in [0.1, 0.15) is 0 Å². The molecule has 3 N–H and O–H groups in total. The van der Waals surface area contributed by atoms with Gasteiger partial charge in [-0.15, -0.1) is 0 Å². The van der Waals surface area contributed by atoms with Crippen LogP contribution in [0.3, 0.4) is 0 Å². The fourth-order valence-corrected chi connectivity index (χ4v) is 2.53. The van der Waals surface area contributed by atoms with Crippen LogP contribution >= 0.6 is 0 Å². The fraction of sp³-hybridized carbons (Fsp3) is 0.533. The predicted molar refractivity (Wildman–Crippen MR) is 74.7 cm³/mol. The number of aliphatic hydroxyl groups excluding tert-OH is 1. The summed E-state index contributed by atoms with van der Waals surface area (Å²) >= 11 is 0. The van der Waals surface area contributed by atoms with Crippen LogP contribution in [0, 0.1) is 11.8 Å². The van der Waals surface area contributed by atoms with Crippen LogP contribution in [0.4, 0.5) is 0 Å². The molecule has 1 fully saturated rings. The molecule has 1 aromatic carbocycles. The molecule has 1 saturated heterocycles. The molecular formula is C15H22N2O2. The lowest BCUT2D eigenvalue weighted by Gasteiger charge is -2.20. The van der Waals surface area contributed by atoms with E-state index >= 15 is 0 Å². The van der Waals surface area contributed by atoms with Gasteiger partial charge >= 0.3 is 0 Å². The van der Waals surface area contributed by atoms with Gasteiger partial charge in [-0.05, 0) is 24.4 Å². The molecule has 4 heteroatoms. The monoisotopic (exact) mass is 262 g/mol. The van der Waals surface area contributed by atoms with E-state index in [9.17, 15) is 9.90 Å². The van der Waals surface area contributed by atoms with Crippen molar-refractivity contribution in [3.63, 3.8) is 0 Å². The Morgan fingerprint density at radius 1 is 1.42 bits per heavy atom. The van der Waals surface area contributed by atoms with Gasteiger partial charge in [0, 0.05) is 6.54 Å². The molecule has 104 valence electrons. The van der Waals surface area contributed by atoms with Crippen molar-refractivity contribution in [2.75, 3.05) is 19.7 Å². The van der Waals surface area contributed by atoms with E-state index in [2.05, 4.69) is 17.6 Å². The van der Waals surface area contributed by atoms with E-state index in [1.165, 1.54) is 0 Å². The van der Waals surface area contributed by atoms with Gasteiger partial charge in [-0.1, -0.05) is 37.3 Å². The van der Waals surface area contributed by atoms with E-state index < -0.39 is 0 Å². The molecule has 0 bridgehead atoms. The van der Waals surface area contributed by atoms with Crippen molar-refractivity contribution < 1.29 is 9.90 Å². The molecule has 1 aromatic rings. The first-order valence-corrected chi connectivity index (χ1v) is 6.86. The molecule has 2 rings (SSSR count). The van der Waals surface area contributed by atoms with Crippen LogP contribution in [-0.2, 0) is 11.2 Å². The van der Waals surface area contributed by atoms with Gasteiger partial charge in [-0.25, -0.2) is 0 Å². The third kappa shape index (κ3) is 3.78. The zero-order chi connectivity index (χ0) is 13.7. The molecule has 1 heterocycles. The minimum atomic E-state index is -0.206. The van der Waals surface area contributed by atoms with E-state index in [0.29, 0.717) is 12.3 Å². The molecule has 1 aliphatic heterocycles. The summed E-state index contributed by atoms with van der Waals surface area (Å²) in [6.07, 6.45) is 0.664. The van der Waals surface area contributed by atoms with Gasteiger partial charge in [0.2, 0.25) is 5.91 Å². The maximum atomic E-state index is 12.2. The first-order chi connectivity index (χ1) is 9.20. The van der Waals surface area contributed by atoms with Crippen LogP contribution < -0.4 is 10.6 Å². The SMILES string of the molecule is C[C@@H]1CNC[C@H]1C(=O)NC(CO)Cc1ccccc1. The molecule has 3 atom stereocenters. The molecule has 1 aliphatic rings. The molecule has 0 aromatic heterocycles. The summed E-state index contributed by atoms with van der Waals surface area (Å²) in [5.41, 5.74) is 1.12. The number of carbonyl (C=O) groups excluding carboxylic acids is 1.